The molecule has 1 aromatic carbocycles. The number of thiophene rings is 2. The molecule has 8 heteroatoms. The van der Waals surface area contributed by atoms with Gasteiger partial charge in [-0.3, -0.25) is 4.79 Å². The van der Waals surface area contributed by atoms with Crippen LogP contribution in [0.5, 0.6) is 0 Å². The van der Waals surface area contributed by atoms with Gasteiger partial charge in [0, 0.05) is 4.88 Å². The van der Waals surface area contributed by atoms with Gasteiger partial charge in [0.05, 0.1) is 12.6 Å². The van der Waals surface area contributed by atoms with E-state index >= 15 is 0 Å². The van der Waals surface area contributed by atoms with Crippen molar-refractivity contribution in [2.45, 2.75) is 30.0 Å². The van der Waals surface area contributed by atoms with E-state index in [4.69, 9.17) is 0 Å². The number of sulfonamides is 1. The first kappa shape index (κ1) is 20.7. The SMILES string of the molecule is CC(C)c1ccc(C(NC(=O)CNS(=O)(=O)c2cccs2)c2cccs2)cc1. The van der Waals surface area contributed by atoms with E-state index in [1.807, 2.05) is 29.6 Å². The van der Waals surface area contributed by atoms with Crippen molar-refractivity contribution in [2.24, 2.45) is 0 Å². The molecule has 0 aliphatic carbocycles. The number of benzene rings is 1. The highest BCUT2D eigenvalue weighted by Crippen LogP contribution is 2.27. The van der Waals surface area contributed by atoms with Gasteiger partial charge in [-0.15, -0.1) is 22.7 Å². The lowest BCUT2D eigenvalue weighted by molar-refractivity contribution is -0.120. The average Bonchev–Trinajstić information content (AvgIpc) is 3.39. The van der Waals surface area contributed by atoms with Gasteiger partial charge in [-0.05, 0) is 39.9 Å². The van der Waals surface area contributed by atoms with E-state index in [2.05, 4.69) is 36.0 Å². The van der Waals surface area contributed by atoms with Gasteiger partial charge in [-0.25, -0.2) is 13.1 Å². The predicted octanol–water partition coefficient (Wildman–Crippen LogP) is 4.12. The Kier molecular flexibility index (Phi) is 6.66. The summed E-state index contributed by atoms with van der Waals surface area (Å²) in [6.07, 6.45) is 0. The van der Waals surface area contributed by atoms with Crippen molar-refractivity contribution in [3.8, 4) is 0 Å². The summed E-state index contributed by atoms with van der Waals surface area (Å²) in [5, 5.41) is 6.59. The zero-order chi connectivity index (χ0) is 20.1. The maximum atomic E-state index is 12.5. The van der Waals surface area contributed by atoms with Crippen LogP contribution in [0, 0.1) is 0 Å². The molecule has 28 heavy (non-hydrogen) atoms. The van der Waals surface area contributed by atoms with Crippen molar-refractivity contribution in [1.29, 1.82) is 0 Å². The smallest absolute Gasteiger partial charge is 0.250 e. The Hall–Kier alpha value is -2.00. The van der Waals surface area contributed by atoms with Crippen molar-refractivity contribution in [1.82, 2.24) is 10.0 Å². The first-order valence-corrected chi connectivity index (χ1v) is 12.1. The molecule has 0 saturated carbocycles. The lowest BCUT2D eigenvalue weighted by Gasteiger charge is -2.19. The van der Waals surface area contributed by atoms with Gasteiger partial charge in [-0.2, -0.15) is 0 Å². The molecule has 0 radical (unpaired) electrons. The van der Waals surface area contributed by atoms with Crippen molar-refractivity contribution in [2.75, 3.05) is 6.54 Å². The summed E-state index contributed by atoms with van der Waals surface area (Å²) in [5.74, 6) is 0.0435. The zero-order valence-corrected chi connectivity index (χ0v) is 18.0. The van der Waals surface area contributed by atoms with Crippen LogP contribution in [-0.4, -0.2) is 20.9 Å². The molecule has 3 aromatic rings. The van der Waals surface area contributed by atoms with Crippen molar-refractivity contribution in [3.05, 3.63) is 75.3 Å². The molecular weight excluding hydrogens is 412 g/mol. The number of hydrogen-bond acceptors (Lipinski definition) is 5. The second-order valence-corrected chi connectivity index (χ2v) is 10.5. The van der Waals surface area contributed by atoms with E-state index in [-0.39, 0.29) is 22.7 Å². The number of hydrogen-bond donors (Lipinski definition) is 2. The molecule has 2 heterocycles. The van der Waals surface area contributed by atoms with E-state index in [0.717, 1.165) is 21.8 Å². The fraction of sp³-hybridized carbons (Fsp3) is 0.250. The molecule has 3 rings (SSSR count). The second-order valence-electron chi connectivity index (χ2n) is 6.59. The van der Waals surface area contributed by atoms with Gasteiger partial charge < -0.3 is 5.32 Å². The third-order valence-corrected chi connectivity index (χ3v) is 7.99. The molecule has 2 aromatic heterocycles. The summed E-state index contributed by atoms with van der Waals surface area (Å²) in [6, 6.07) is 14.9. The van der Waals surface area contributed by atoms with Crippen LogP contribution in [0.4, 0.5) is 0 Å². The molecule has 1 amide bonds. The van der Waals surface area contributed by atoms with Crippen LogP contribution < -0.4 is 10.0 Å². The molecule has 0 aliphatic rings. The minimum absolute atomic E-state index is 0.194. The molecule has 1 unspecified atom stereocenters. The fourth-order valence-electron chi connectivity index (χ4n) is 2.71. The van der Waals surface area contributed by atoms with E-state index in [9.17, 15) is 13.2 Å². The van der Waals surface area contributed by atoms with Crippen molar-refractivity contribution >= 4 is 38.6 Å². The molecule has 0 bridgehead atoms. The van der Waals surface area contributed by atoms with Gasteiger partial charge in [0.25, 0.3) is 10.0 Å². The Bertz CT molecular complexity index is 994. The summed E-state index contributed by atoms with van der Waals surface area (Å²) in [6.45, 7) is 3.95. The van der Waals surface area contributed by atoms with Crippen LogP contribution in [0.3, 0.4) is 0 Å². The second kappa shape index (κ2) is 9.00. The quantitative estimate of drug-likeness (QED) is 0.560. The molecular formula is C20H22N2O3S3. The lowest BCUT2D eigenvalue weighted by Crippen LogP contribution is -2.38. The number of amides is 1. The standard InChI is InChI=1S/C20H22N2O3S3/c1-14(2)15-7-9-16(10-8-15)20(17-5-3-11-26-17)22-18(23)13-21-28(24,25)19-6-4-12-27-19/h3-12,14,20-21H,13H2,1-2H3,(H,22,23). The van der Waals surface area contributed by atoms with Crippen LogP contribution in [0.2, 0.25) is 0 Å². The highest BCUT2D eigenvalue weighted by atomic mass is 32.2. The average molecular weight is 435 g/mol. The highest BCUT2D eigenvalue weighted by molar-refractivity contribution is 7.91. The summed E-state index contributed by atoms with van der Waals surface area (Å²) in [5.41, 5.74) is 2.19. The third-order valence-electron chi connectivity index (χ3n) is 4.25. The Morgan fingerprint density at radius 2 is 1.61 bits per heavy atom. The van der Waals surface area contributed by atoms with E-state index in [1.165, 1.54) is 11.6 Å². The van der Waals surface area contributed by atoms with Crippen LogP contribution in [0.1, 0.15) is 41.8 Å². The largest absolute Gasteiger partial charge is 0.343 e. The molecule has 0 saturated heterocycles. The molecule has 0 spiro atoms. The van der Waals surface area contributed by atoms with E-state index in [0.29, 0.717) is 5.92 Å². The first-order chi connectivity index (χ1) is 13.4. The predicted molar refractivity (Wildman–Crippen MR) is 114 cm³/mol. The molecule has 0 fully saturated rings. The number of carbonyl (C=O) groups is 1. The first-order valence-electron chi connectivity index (χ1n) is 8.82. The zero-order valence-electron chi connectivity index (χ0n) is 15.6. The molecule has 0 aliphatic heterocycles. The minimum atomic E-state index is -3.67. The minimum Gasteiger partial charge on any atom is -0.343 e. The summed E-state index contributed by atoms with van der Waals surface area (Å²) < 4.78 is 27.0. The van der Waals surface area contributed by atoms with Crippen molar-refractivity contribution in [3.63, 3.8) is 0 Å². The number of nitrogens with one attached hydrogen (secondary N) is 2. The topological polar surface area (TPSA) is 75.3 Å². The Morgan fingerprint density at radius 1 is 0.964 bits per heavy atom. The molecule has 1 atom stereocenters. The Balaban J connectivity index is 1.72. The monoisotopic (exact) mass is 434 g/mol. The van der Waals surface area contributed by atoms with Gasteiger partial charge >= 0.3 is 0 Å². The molecule has 5 nitrogen and oxygen atoms in total. The van der Waals surface area contributed by atoms with E-state index in [1.54, 1.807) is 22.8 Å². The van der Waals surface area contributed by atoms with Crippen LogP contribution >= 0.6 is 22.7 Å². The molecule has 148 valence electrons. The lowest BCUT2D eigenvalue weighted by atomic mass is 9.98. The summed E-state index contributed by atoms with van der Waals surface area (Å²) in [4.78, 5) is 13.5. The maximum absolute atomic E-state index is 12.5. The van der Waals surface area contributed by atoms with Gasteiger partial charge in [-0.1, -0.05) is 50.2 Å². The van der Waals surface area contributed by atoms with Crippen LogP contribution in [-0.2, 0) is 14.8 Å². The van der Waals surface area contributed by atoms with E-state index < -0.39 is 10.0 Å². The summed E-state index contributed by atoms with van der Waals surface area (Å²) >= 11 is 2.66. The normalized spacial score (nSPS) is 12.8. The third kappa shape index (κ3) is 5.08. The van der Waals surface area contributed by atoms with Gasteiger partial charge in [0.1, 0.15) is 4.21 Å². The van der Waals surface area contributed by atoms with Crippen molar-refractivity contribution < 1.29 is 13.2 Å². The fourth-order valence-corrected chi connectivity index (χ4v) is 5.53. The highest BCUT2D eigenvalue weighted by Gasteiger charge is 2.21. The van der Waals surface area contributed by atoms with Gasteiger partial charge in [0.2, 0.25) is 5.91 Å². The van der Waals surface area contributed by atoms with Crippen LogP contribution in [0.15, 0.2) is 63.5 Å². The Morgan fingerprint density at radius 3 is 2.18 bits per heavy atom. The Labute approximate surface area is 173 Å². The number of rotatable bonds is 8. The van der Waals surface area contributed by atoms with Crippen LogP contribution in [0.25, 0.3) is 0 Å². The maximum Gasteiger partial charge on any atom is 0.250 e. The number of carbonyl (C=O) groups excluding carboxylic acids is 1. The van der Waals surface area contributed by atoms with Gasteiger partial charge in [0.15, 0.2) is 0 Å². The summed E-state index contributed by atoms with van der Waals surface area (Å²) in [7, 11) is -3.67. The molecule has 2 N–H and O–H groups in total.